The monoisotopic (exact) mass is 969 g/mol. The molecule has 0 heterocycles. The van der Waals surface area contributed by atoms with Gasteiger partial charge in [0.05, 0.1) is 0 Å². The SMILES string of the molecule is CCCCCCCC/C=C\CCCCCCCCCCCC(=O)OCC(COC(=O)CCCCCCC/C=C\CCCCCCCCC)OC(=O)CCCCCCC/C=C\CCCCCCCCC. The number of carbonyl (C=O) groups is 3. The molecular weight excluding hydrogens is 853 g/mol. The number of hydrogen-bond acceptors (Lipinski definition) is 6. The largest absolute Gasteiger partial charge is 0.462 e. The van der Waals surface area contributed by atoms with Gasteiger partial charge in [0.15, 0.2) is 6.10 Å². The smallest absolute Gasteiger partial charge is 0.306 e. The third-order valence-corrected chi connectivity index (χ3v) is 13.6. The summed E-state index contributed by atoms with van der Waals surface area (Å²) in [5.74, 6) is -0.877. The van der Waals surface area contributed by atoms with E-state index in [2.05, 4.69) is 57.2 Å². The molecule has 0 aromatic rings. The van der Waals surface area contributed by atoms with Crippen LogP contribution in [-0.2, 0) is 28.6 Å². The van der Waals surface area contributed by atoms with Gasteiger partial charge >= 0.3 is 17.9 Å². The van der Waals surface area contributed by atoms with Crippen LogP contribution < -0.4 is 0 Å². The van der Waals surface area contributed by atoms with E-state index in [4.69, 9.17) is 14.2 Å². The summed E-state index contributed by atoms with van der Waals surface area (Å²) < 4.78 is 16.9. The summed E-state index contributed by atoms with van der Waals surface area (Å²) in [4.78, 5) is 38.2. The Bertz CT molecular complexity index is 1160. The van der Waals surface area contributed by atoms with Crippen molar-refractivity contribution in [1.29, 1.82) is 0 Å². The van der Waals surface area contributed by atoms with Crippen molar-refractivity contribution in [2.24, 2.45) is 0 Å². The van der Waals surface area contributed by atoms with E-state index in [1.807, 2.05) is 0 Å². The molecule has 404 valence electrons. The van der Waals surface area contributed by atoms with Crippen LogP contribution in [0.25, 0.3) is 0 Å². The Kier molecular flexibility index (Phi) is 56.2. The topological polar surface area (TPSA) is 78.9 Å². The first kappa shape index (κ1) is 66.6. The van der Waals surface area contributed by atoms with Crippen LogP contribution in [0, 0.1) is 0 Å². The van der Waals surface area contributed by atoms with Crippen LogP contribution in [0.2, 0.25) is 0 Å². The summed E-state index contributed by atoms with van der Waals surface area (Å²) in [5.41, 5.74) is 0. The number of ether oxygens (including phenoxy) is 3. The van der Waals surface area contributed by atoms with Gasteiger partial charge in [-0.1, -0.05) is 250 Å². The number of rotatable bonds is 56. The standard InChI is InChI=1S/C63H116O6/c1-4-7-10-13-16-19-22-25-28-31-32-33-36-38-41-44-47-50-53-56-62(65)68-59-60(69-63(66)57-54-51-48-45-42-39-35-30-27-24-21-18-15-12-9-6-3)58-67-61(64)55-52-49-46-43-40-37-34-29-26-23-20-17-14-11-8-5-2/h25,28-30,34-35,60H,4-24,26-27,31-33,36-59H2,1-3H3/b28-25-,34-29-,35-30-. The number of allylic oxidation sites excluding steroid dienone is 6. The second kappa shape index (κ2) is 58.2. The zero-order valence-electron chi connectivity index (χ0n) is 46.3. The molecule has 0 aliphatic heterocycles. The third kappa shape index (κ3) is 56.4. The van der Waals surface area contributed by atoms with Crippen molar-refractivity contribution < 1.29 is 28.6 Å². The third-order valence-electron chi connectivity index (χ3n) is 13.6. The lowest BCUT2D eigenvalue weighted by Crippen LogP contribution is -2.30. The van der Waals surface area contributed by atoms with Gasteiger partial charge in [-0.25, -0.2) is 0 Å². The van der Waals surface area contributed by atoms with Crippen molar-refractivity contribution in [3.8, 4) is 0 Å². The first-order valence-corrected chi connectivity index (χ1v) is 30.5. The molecule has 0 radical (unpaired) electrons. The Morgan fingerprint density at radius 1 is 0.275 bits per heavy atom. The lowest BCUT2D eigenvalue weighted by atomic mass is 10.1. The van der Waals surface area contributed by atoms with Crippen LogP contribution in [0.5, 0.6) is 0 Å². The molecule has 0 aliphatic rings. The molecule has 0 rings (SSSR count). The normalized spacial score (nSPS) is 12.2. The molecule has 0 N–H and O–H groups in total. The van der Waals surface area contributed by atoms with Crippen LogP contribution in [0.1, 0.15) is 329 Å². The molecule has 0 bridgehead atoms. The summed E-state index contributed by atoms with van der Waals surface area (Å²) in [5, 5.41) is 0. The van der Waals surface area contributed by atoms with Crippen molar-refractivity contribution in [3.05, 3.63) is 36.5 Å². The predicted octanol–water partition coefficient (Wildman–Crippen LogP) is 20.4. The van der Waals surface area contributed by atoms with Gasteiger partial charge in [-0.3, -0.25) is 14.4 Å². The van der Waals surface area contributed by atoms with Crippen molar-refractivity contribution >= 4 is 17.9 Å². The molecule has 6 heteroatoms. The fourth-order valence-electron chi connectivity index (χ4n) is 8.96. The second-order valence-corrected chi connectivity index (χ2v) is 20.6. The molecule has 0 saturated carbocycles. The first-order chi connectivity index (χ1) is 34.0. The lowest BCUT2D eigenvalue weighted by molar-refractivity contribution is -0.167. The molecule has 69 heavy (non-hydrogen) atoms. The zero-order chi connectivity index (χ0) is 50.0. The average molecular weight is 970 g/mol. The van der Waals surface area contributed by atoms with Crippen molar-refractivity contribution in [1.82, 2.24) is 0 Å². The first-order valence-electron chi connectivity index (χ1n) is 30.5. The van der Waals surface area contributed by atoms with Gasteiger partial charge in [0.2, 0.25) is 0 Å². The average Bonchev–Trinajstić information content (AvgIpc) is 3.35. The maximum absolute atomic E-state index is 12.9. The molecule has 0 spiro atoms. The molecule has 0 aliphatic carbocycles. The number of hydrogen-bond donors (Lipinski definition) is 0. The quantitative estimate of drug-likeness (QED) is 0.0261. The van der Waals surface area contributed by atoms with E-state index in [1.165, 1.54) is 218 Å². The minimum Gasteiger partial charge on any atom is -0.462 e. The summed E-state index contributed by atoms with van der Waals surface area (Å²) in [6.07, 6.45) is 69.9. The molecule has 0 saturated heterocycles. The van der Waals surface area contributed by atoms with Crippen molar-refractivity contribution in [2.75, 3.05) is 13.2 Å². The van der Waals surface area contributed by atoms with Crippen molar-refractivity contribution in [2.45, 2.75) is 335 Å². The molecule has 0 aromatic heterocycles. The van der Waals surface area contributed by atoms with Crippen LogP contribution in [-0.4, -0.2) is 37.2 Å². The molecule has 6 nitrogen and oxygen atoms in total. The minimum atomic E-state index is -0.779. The molecule has 1 atom stereocenters. The summed E-state index contributed by atoms with van der Waals surface area (Å²) in [7, 11) is 0. The van der Waals surface area contributed by atoms with E-state index in [-0.39, 0.29) is 31.1 Å². The predicted molar refractivity (Wildman–Crippen MR) is 298 cm³/mol. The zero-order valence-corrected chi connectivity index (χ0v) is 46.3. The molecule has 0 fully saturated rings. The Hall–Kier alpha value is -2.37. The maximum Gasteiger partial charge on any atom is 0.306 e. The van der Waals surface area contributed by atoms with Gasteiger partial charge < -0.3 is 14.2 Å². The number of esters is 3. The van der Waals surface area contributed by atoms with Crippen LogP contribution in [0.4, 0.5) is 0 Å². The van der Waals surface area contributed by atoms with E-state index in [0.29, 0.717) is 19.3 Å². The maximum atomic E-state index is 12.9. The second-order valence-electron chi connectivity index (χ2n) is 20.6. The highest BCUT2D eigenvalue weighted by molar-refractivity contribution is 5.71. The number of carbonyl (C=O) groups excluding carboxylic acids is 3. The highest BCUT2D eigenvalue weighted by atomic mass is 16.6. The van der Waals surface area contributed by atoms with E-state index in [9.17, 15) is 14.4 Å². The van der Waals surface area contributed by atoms with Crippen molar-refractivity contribution in [3.63, 3.8) is 0 Å². The summed E-state index contributed by atoms with van der Waals surface area (Å²) in [6, 6.07) is 0. The van der Waals surface area contributed by atoms with Gasteiger partial charge in [0, 0.05) is 19.3 Å². The van der Waals surface area contributed by atoms with Crippen LogP contribution in [0.15, 0.2) is 36.5 Å². The minimum absolute atomic E-state index is 0.0766. The highest BCUT2D eigenvalue weighted by Crippen LogP contribution is 2.16. The molecule has 0 amide bonds. The van der Waals surface area contributed by atoms with E-state index < -0.39 is 6.10 Å². The number of unbranched alkanes of at least 4 members (excludes halogenated alkanes) is 39. The Labute approximate surface area is 429 Å². The fraction of sp³-hybridized carbons (Fsp3) is 0.857. The van der Waals surface area contributed by atoms with E-state index in [1.54, 1.807) is 0 Å². The van der Waals surface area contributed by atoms with Gasteiger partial charge in [-0.2, -0.15) is 0 Å². The molecule has 0 aromatic carbocycles. The highest BCUT2D eigenvalue weighted by Gasteiger charge is 2.19. The lowest BCUT2D eigenvalue weighted by Gasteiger charge is -2.18. The Balaban J connectivity index is 4.36. The van der Waals surface area contributed by atoms with Gasteiger partial charge in [-0.05, 0) is 96.3 Å². The summed E-state index contributed by atoms with van der Waals surface area (Å²) >= 11 is 0. The van der Waals surface area contributed by atoms with Crippen LogP contribution in [0.3, 0.4) is 0 Å². The van der Waals surface area contributed by atoms with E-state index >= 15 is 0 Å². The van der Waals surface area contributed by atoms with Gasteiger partial charge in [0.25, 0.3) is 0 Å². The fourth-order valence-corrected chi connectivity index (χ4v) is 8.96. The summed E-state index contributed by atoms with van der Waals surface area (Å²) in [6.45, 7) is 6.66. The van der Waals surface area contributed by atoms with Gasteiger partial charge in [0.1, 0.15) is 13.2 Å². The Morgan fingerprint density at radius 2 is 0.478 bits per heavy atom. The van der Waals surface area contributed by atoms with E-state index in [0.717, 1.165) is 70.6 Å². The van der Waals surface area contributed by atoms with Crippen LogP contribution >= 0.6 is 0 Å². The van der Waals surface area contributed by atoms with Gasteiger partial charge in [-0.15, -0.1) is 0 Å². The Morgan fingerprint density at radius 3 is 0.725 bits per heavy atom. The molecular formula is C63H116O6. The molecule has 1 unspecified atom stereocenters.